The summed E-state index contributed by atoms with van der Waals surface area (Å²) in [5.74, 6) is 0. The van der Waals surface area contributed by atoms with Gasteiger partial charge in [-0.15, -0.1) is 11.3 Å². The Kier molecular flexibility index (Phi) is 4.31. The molecule has 0 aliphatic heterocycles. The maximum Gasteiger partial charge on any atom is 0.389 e. The Hall–Kier alpha value is -1.60. The predicted molar refractivity (Wildman–Crippen MR) is 60.8 cm³/mol. The lowest BCUT2D eigenvalue weighted by Gasteiger charge is -2.14. The second kappa shape index (κ2) is 5.36. The lowest BCUT2D eigenvalue weighted by Crippen LogP contribution is -2.27. The molecule has 0 spiro atoms. The first-order chi connectivity index (χ1) is 8.30. The standard InChI is InChI=1S/C11H10F3N3S/c1-8-17-6-9(18-8)5-10(7-15,16-2)3-4-11(12,13)14/h6H,3-5H2,1H3. The molecule has 1 aromatic rings. The van der Waals surface area contributed by atoms with Crippen molar-refractivity contribution in [1.29, 1.82) is 5.26 Å². The maximum atomic E-state index is 12.2. The van der Waals surface area contributed by atoms with Crippen LogP contribution < -0.4 is 0 Å². The van der Waals surface area contributed by atoms with E-state index < -0.39 is 24.6 Å². The van der Waals surface area contributed by atoms with Crippen molar-refractivity contribution in [3.63, 3.8) is 0 Å². The van der Waals surface area contributed by atoms with Crippen LogP contribution in [0.4, 0.5) is 13.2 Å². The number of aromatic nitrogens is 1. The molecule has 0 radical (unpaired) electrons. The van der Waals surface area contributed by atoms with Crippen molar-refractivity contribution < 1.29 is 13.2 Å². The summed E-state index contributed by atoms with van der Waals surface area (Å²) in [5, 5.41) is 9.76. The molecule has 0 amide bonds. The highest BCUT2D eigenvalue weighted by Crippen LogP contribution is 2.31. The molecule has 1 rings (SSSR count). The monoisotopic (exact) mass is 273 g/mol. The zero-order valence-electron chi connectivity index (χ0n) is 9.58. The van der Waals surface area contributed by atoms with Crippen molar-refractivity contribution in [2.75, 3.05) is 0 Å². The predicted octanol–water partition coefficient (Wildman–Crippen LogP) is 3.52. The zero-order chi connectivity index (χ0) is 13.8. The van der Waals surface area contributed by atoms with Crippen LogP contribution in [0.5, 0.6) is 0 Å². The highest BCUT2D eigenvalue weighted by atomic mass is 32.1. The number of alkyl halides is 3. The van der Waals surface area contributed by atoms with E-state index in [2.05, 4.69) is 9.83 Å². The van der Waals surface area contributed by atoms with Crippen LogP contribution in [0.25, 0.3) is 4.85 Å². The highest BCUT2D eigenvalue weighted by Gasteiger charge is 2.42. The number of thiazole rings is 1. The molecule has 0 bridgehead atoms. The van der Waals surface area contributed by atoms with Crippen LogP contribution in [0.15, 0.2) is 6.20 Å². The van der Waals surface area contributed by atoms with Gasteiger partial charge in [0, 0.05) is 17.5 Å². The summed E-state index contributed by atoms with van der Waals surface area (Å²) < 4.78 is 36.5. The van der Waals surface area contributed by atoms with Crippen LogP contribution in [0.1, 0.15) is 22.7 Å². The van der Waals surface area contributed by atoms with E-state index in [9.17, 15) is 13.2 Å². The molecule has 1 aromatic heterocycles. The minimum atomic E-state index is -4.35. The van der Waals surface area contributed by atoms with Crippen molar-refractivity contribution in [2.24, 2.45) is 0 Å². The van der Waals surface area contributed by atoms with Gasteiger partial charge in [0.1, 0.15) is 0 Å². The van der Waals surface area contributed by atoms with Gasteiger partial charge in [0.25, 0.3) is 0 Å². The lowest BCUT2D eigenvalue weighted by molar-refractivity contribution is -0.136. The van der Waals surface area contributed by atoms with Gasteiger partial charge in [0.15, 0.2) is 6.07 Å². The molecule has 0 saturated heterocycles. The Morgan fingerprint density at radius 1 is 1.50 bits per heavy atom. The van der Waals surface area contributed by atoms with Gasteiger partial charge >= 0.3 is 11.7 Å². The maximum absolute atomic E-state index is 12.2. The summed E-state index contributed by atoms with van der Waals surface area (Å²) in [5.41, 5.74) is -1.64. The molecule has 1 unspecified atom stereocenters. The second-order valence-electron chi connectivity index (χ2n) is 3.89. The summed E-state index contributed by atoms with van der Waals surface area (Å²) in [6.07, 6.45) is -4.48. The zero-order valence-corrected chi connectivity index (χ0v) is 10.4. The van der Waals surface area contributed by atoms with E-state index in [0.717, 1.165) is 5.01 Å². The fraction of sp³-hybridized carbons (Fsp3) is 0.545. The molecule has 0 aliphatic rings. The molecule has 7 heteroatoms. The van der Waals surface area contributed by atoms with E-state index in [1.807, 2.05) is 0 Å². The highest BCUT2D eigenvalue weighted by molar-refractivity contribution is 7.11. The molecule has 0 N–H and O–H groups in total. The first kappa shape index (κ1) is 14.5. The van der Waals surface area contributed by atoms with E-state index in [0.29, 0.717) is 4.88 Å². The van der Waals surface area contributed by atoms with Crippen LogP contribution in [0, 0.1) is 24.8 Å². The molecular weight excluding hydrogens is 263 g/mol. The molecule has 18 heavy (non-hydrogen) atoms. The van der Waals surface area contributed by atoms with Crippen molar-refractivity contribution in [3.8, 4) is 6.07 Å². The molecule has 96 valence electrons. The van der Waals surface area contributed by atoms with Crippen LogP contribution in [-0.4, -0.2) is 16.7 Å². The normalized spacial score (nSPS) is 14.6. The van der Waals surface area contributed by atoms with Gasteiger partial charge in [-0.25, -0.2) is 11.6 Å². The number of rotatable bonds is 4. The molecule has 3 nitrogen and oxygen atoms in total. The van der Waals surface area contributed by atoms with E-state index >= 15 is 0 Å². The van der Waals surface area contributed by atoms with Gasteiger partial charge in [-0.2, -0.15) is 18.4 Å². The molecule has 1 atom stereocenters. The second-order valence-corrected chi connectivity index (χ2v) is 5.21. The van der Waals surface area contributed by atoms with Gasteiger partial charge in [0.2, 0.25) is 0 Å². The Balaban J connectivity index is 2.82. The number of aryl methyl sites for hydroxylation is 1. The first-order valence-corrected chi connectivity index (χ1v) is 5.90. The largest absolute Gasteiger partial charge is 0.389 e. The fourth-order valence-corrected chi connectivity index (χ4v) is 2.33. The van der Waals surface area contributed by atoms with Gasteiger partial charge in [-0.05, 0) is 6.92 Å². The molecule has 0 aromatic carbocycles. The van der Waals surface area contributed by atoms with Crippen LogP contribution in [0.3, 0.4) is 0 Å². The third-order valence-electron chi connectivity index (χ3n) is 2.38. The van der Waals surface area contributed by atoms with Crippen molar-refractivity contribution in [3.05, 3.63) is 27.5 Å². The molecule has 0 fully saturated rings. The Bertz CT molecular complexity index is 479. The van der Waals surface area contributed by atoms with E-state index in [1.165, 1.54) is 17.5 Å². The van der Waals surface area contributed by atoms with E-state index in [4.69, 9.17) is 11.8 Å². The van der Waals surface area contributed by atoms with Crippen LogP contribution in [0.2, 0.25) is 0 Å². The van der Waals surface area contributed by atoms with Crippen molar-refractivity contribution in [2.45, 2.75) is 37.9 Å². The smallest absolute Gasteiger partial charge is 0.294 e. The summed E-state index contributed by atoms with van der Waals surface area (Å²) in [4.78, 5) is 7.74. The summed E-state index contributed by atoms with van der Waals surface area (Å²) in [6, 6.07) is 1.72. The van der Waals surface area contributed by atoms with E-state index in [1.54, 1.807) is 13.0 Å². The molecule has 0 aliphatic carbocycles. The van der Waals surface area contributed by atoms with Gasteiger partial charge in [-0.3, -0.25) is 4.85 Å². The number of halogens is 3. The summed E-state index contributed by atoms with van der Waals surface area (Å²) in [7, 11) is 0. The Labute approximate surface area is 107 Å². The number of hydrogen-bond donors (Lipinski definition) is 0. The average Bonchev–Trinajstić information content (AvgIpc) is 2.69. The minimum absolute atomic E-state index is 0.00537. The third kappa shape index (κ3) is 4.01. The van der Waals surface area contributed by atoms with Crippen LogP contribution >= 0.6 is 11.3 Å². The van der Waals surface area contributed by atoms with Crippen molar-refractivity contribution in [1.82, 2.24) is 4.98 Å². The Morgan fingerprint density at radius 3 is 2.56 bits per heavy atom. The third-order valence-corrected chi connectivity index (χ3v) is 3.29. The molecule has 1 heterocycles. The molecular formula is C11H10F3N3S. The molecule has 0 saturated carbocycles. The van der Waals surface area contributed by atoms with Crippen LogP contribution in [-0.2, 0) is 6.42 Å². The SMILES string of the molecule is [C-]#[N+]C(C#N)(CCC(F)(F)F)Cc1cnc(C)s1. The fourth-order valence-electron chi connectivity index (χ4n) is 1.43. The summed E-state index contributed by atoms with van der Waals surface area (Å²) in [6.45, 7) is 8.75. The number of nitriles is 1. The number of nitrogens with zero attached hydrogens (tertiary/aromatic N) is 3. The summed E-state index contributed by atoms with van der Waals surface area (Å²) >= 11 is 1.29. The average molecular weight is 273 g/mol. The number of hydrogen-bond acceptors (Lipinski definition) is 3. The lowest BCUT2D eigenvalue weighted by atomic mass is 9.91. The van der Waals surface area contributed by atoms with Gasteiger partial charge < -0.3 is 0 Å². The topological polar surface area (TPSA) is 41.0 Å². The first-order valence-electron chi connectivity index (χ1n) is 5.08. The van der Waals surface area contributed by atoms with Gasteiger partial charge in [0.05, 0.1) is 17.8 Å². The van der Waals surface area contributed by atoms with Gasteiger partial charge in [-0.1, -0.05) is 0 Å². The quantitative estimate of drug-likeness (QED) is 0.787. The van der Waals surface area contributed by atoms with Crippen molar-refractivity contribution >= 4 is 11.3 Å². The minimum Gasteiger partial charge on any atom is -0.294 e. The van der Waals surface area contributed by atoms with E-state index in [-0.39, 0.29) is 6.42 Å². The Morgan fingerprint density at radius 2 is 2.17 bits per heavy atom.